The Kier molecular flexibility index (Phi) is 7.51. The Morgan fingerprint density at radius 3 is 2.37 bits per heavy atom. The summed E-state index contributed by atoms with van der Waals surface area (Å²) in [7, 11) is 1.58. The summed E-state index contributed by atoms with van der Waals surface area (Å²) in [6.45, 7) is 2.88. The van der Waals surface area contributed by atoms with Crippen molar-refractivity contribution in [2.75, 3.05) is 13.7 Å². The normalized spacial score (nSPS) is 17.0. The van der Waals surface area contributed by atoms with E-state index in [-0.39, 0.29) is 17.9 Å². The first kappa shape index (κ1) is 24.1. The van der Waals surface area contributed by atoms with Crippen molar-refractivity contribution in [3.63, 3.8) is 0 Å². The molecule has 0 aliphatic carbocycles. The second kappa shape index (κ2) is 10.9. The summed E-state index contributed by atoms with van der Waals surface area (Å²) in [4.78, 5) is 28.0. The van der Waals surface area contributed by atoms with Gasteiger partial charge < -0.3 is 19.5 Å². The third-order valence-electron chi connectivity index (χ3n) is 6.04. The Bertz CT molecular complexity index is 1220. The number of Topliss-reactive ketones (excluding diaryl/α,β-unsaturated/α-hetero) is 1. The summed E-state index contributed by atoms with van der Waals surface area (Å²) < 4.78 is 11.0. The molecule has 1 saturated heterocycles. The number of hydrogen-bond acceptors (Lipinski definition) is 5. The van der Waals surface area contributed by atoms with Crippen LogP contribution in [0.25, 0.3) is 5.76 Å². The maximum atomic E-state index is 13.3. The molecule has 3 aromatic rings. The summed E-state index contributed by atoms with van der Waals surface area (Å²) in [6.07, 6.45) is 1.92. The van der Waals surface area contributed by atoms with Gasteiger partial charge >= 0.3 is 0 Å². The van der Waals surface area contributed by atoms with Crippen molar-refractivity contribution in [1.29, 1.82) is 0 Å². The lowest BCUT2D eigenvalue weighted by atomic mass is 9.95. The van der Waals surface area contributed by atoms with Crippen LogP contribution in [0.4, 0.5) is 0 Å². The molecule has 0 saturated carbocycles. The molecule has 6 nitrogen and oxygen atoms in total. The molecular weight excluding hydrogens is 442 g/mol. The Morgan fingerprint density at radius 2 is 1.69 bits per heavy atom. The van der Waals surface area contributed by atoms with Crippen LogP contribution in [0.5, 0.6) is 11.5 Å². The molecule has 180 valence electrons. The molecule has 0 radical (unpaired) electrons. The van der Waals surface area contributed by atoms with Crippen molar-refractivity contribution in [1.82, 2.24) is 4.90 Å². The highest BCUT2D eigenvalue weighted by Gasteiger charge is 2.46. The molecule has 4 rings (SSSR count). The van der Waals surface area contributed by atoms with E-state index in [4.69, 9.17) is 9.47 Å². The molecule has 0 bridgehead atoms. The largest absolute Gasteiger partial charge is 0.507 e. The zero-order chi connectivity index (χ0) is 24.8. The molecule has 1 heterocycles. The number of aliphatic hydroxyl groups is 1. The Labute approximate surface area is 205 Å². The van der Waals surface area contributed by atoms with E-state index in [9.17, 15) is 14.7 Å². The first-order valence-electron chi connectivity index (χ1n) is 11.7. The van der Waals surface area contributed by atoms with Gasteiger partial charge in [-0.3, -0.25) is 9.59 Å². The average molecular weight is 472 g/mol. The zero-order valence-corrected chi connectivity index (χ0v) is 19.9. The van der Waals surface area contributed by atoms with Gasteiger partial charge in [0.25, 0.3) is 11.7 Å². The number of ether oxygens (including phenoxy) is 2. The van der Waals surface area contributed by atoms with Crippen molar-refractivity contribution in [2.24, 2.45) is 0 Å². The minimum atomic E-state index is -0.745. The van der Waals surface area contributed by atoms with Gasteiger partial charge in [0.2, 0.25) is 0 Å². The summed E-state index contributed by atoms with van der Waals surface area (Å²) in [6, 6.07) is 22.9. The van der Waals surface area contributed by atoms with E-state index >= 15 is 0 Å². The van der Waals surface area contributed by atoms with Gasteiger partial charge in [-0.15, -0.1) is 0 Å². The van der Waals surface area contributed by atoms with Crippen LogP contribution in [-0.2, 0) is 16.1 Å². The van der Waals surface area contributed by atoms with Gasteiger partial charge in [-0.1, -0.05) is 67.9 Å². The highest BCUT2D eigenvalue weighted by molar-refractivity contribution is 6.46. The molecule has 1 N–H and O–H groups in total. The van der Waals surface area contributed by atoms with Gasteiger partial charge in [0.1, 0.15) is 17.3 Å². The molecule has 6 heteroatoms. The standard InChI is InChI=1S/C29H29NO5/c1-3-4-17-35-24-12-8-11-22(18-24)27(31)25-26(21-13-15-23(34-2)16-14-21)30(29(33)28(25)32)19-20-9-6-5-7-10-20/h5-16,18,26,31H,3-4,17,19H2,1-2H3. The minimum Gasteiger partial charge on any atom is -0.507 e. The quantitative estimate of drug-likeness (QED) is 0.193. The molecule has 0 spiro atoms. The van der Waals surface area contributed by atoms with E-state index < -0.39 is 17.7 Å². The number of nitrogens with zero attached hydrogens (tertiary/aromatic N) is 1. The number of carbonyl (C=O) groups is 2. The number of aliphatic hydroxyl groups excluding tert-OH is 1. The highest BCUT2D eigenvalue weighted by atomic mass is 16.5. The number of ketones is 1. The number of hydrogen-bond donors (Lipinski definition) is 1. The summed E-state index contributed by atoms with van der Waals surface area (Å²) in [5.41, 5.74) is 2.08. The molecule has 3 aromatic carbocycles. The average Bonchev–Trinajstić information content (AvgIpc) is 3.14. The zero-order valence-electron chi connectivity index (χ0n) is 19.9. The second-order valence-electron chi connectivity index (χ2n) is 8.42. The topological polar surface area (TPSA) is 76.1 Å². The monoisotopic (exact) mass is 471 g/mol. The van der Waals surface area contributed by atoms with Crippen LogP contribution in [0, 0.1) is 0 Å². The van der Waals surface area contributed by atoms with Crippen LogP contribution in [0.15, 0.2) is 84.4 Å². The lowest BCUT2D eigenvalue weighted by molar-refractivity contribution is -0.140. The summed E-state index contributed by atoms with van der Waals surface area (Å²) in [5.74, 6) is -0.323. The van der Waals surface area contributed by atoms with Crippen molar-refractivity contribution in [2.45, 2.75) is 32.4 Å². The van der Waals surface area contributed by atoms with E-state index in [0.29, 0.717) is 29.2 Å². The number of amides is 1. The van der Waals surface area contributed by atoms with Gasteiger partial charge in [0.05, 0.1) is 25.3 Å². The predicted molar refractivity (Wildman–Crippen MR) is 134 cm³/mol. The maximum absolute atomic E-state index is 13.3. The van der Waals surface area contributed by atoms with Gasteiger partial charge in [-0.05, 0) is 41.8 Å². The van der Waals surface area contributed by atoms with Gasteiger partial charge in [-0.2, -0.15) is 0 Å². The van der Waals surface area contributed by atoms with E-state index in [2.05, 4.69) is 6.92 Å². The van der Waals surface area contributed by atoms with Crippen molar-refractivity contribution in [3.05, 3.63) is 101 Å². The lowest BCUT2D eigenvalue weighted by Gasteiger charge is -2.25. The van der Waals surface area contributed by atoms with Crippen LogP contribution in [0.2, 0.25) is 0 Å². The van der Waals surface area contributed by atoms with Crippen molar-refractivity contribution < 1.29 is 24.2 Å². The lowest BCUT2D eigenvalue weighted by Crippen LogP contribution is -2.29. The van der Waals surface area contributed by atoms with E-state index in [1.54, 1.807) is 43.5 Å². The first-order chi connectivity index (χ1) is 17.0. The highest BCUT2D eigenvalue weighted by Crippen LogP contribution is 2.41. The first-order valence-corrected chi connectivity index (χ1v) is 11.7. The fraction of sp³-hybridized carbons (Fsp3) is 0.241. The summed E-state index contributed by atoms with van der Waals surface area (Å²) >= 11 is 0. The van der Waals surface area contributed by atoms with E-state index in [1.165, 1.54) is 4.90 Å². The Hall–Kier alpha value is -4.06. The van der Waals surface area contributed by atoms with Crippen molar-refractivity contribution >= 4 is 17.4 Å². The number of carbonyl (C=O) groups excluding carboxylic acids is 2. The van der Waals surface area contributed by atoms with Gasteiger partial charge in [-0.25, -0.2) is 0 Å². The maximum Gasteiger partial charge on any atom is 0.295 e. The number of benzene rings is 3. The van der Waals surface area contributed by atoms with Crippen LogP contribution < -0.4 is 9.47 Å². The van der Waals surface area contributed by atoms with Crippen LogP contribution in [0.1, 0.15) is 42.5 Å². The van der Waals surface area contributed by atoms with Crippen LogP contribution >= 0.6 is 0 Å². The predicted octanol–water partition coefficient (Wildman–Crippen LogP) is 5.50. The molecule has 1 unspecified atom stereocenters. The van der Waals surface area contributed by atoms with E-state index in [0.717, 1.165) is 18.4 Å². The molecule has 1 atom stereocenters. The van der Waals surface area contributed by atoms with E-state index in [1.807, 2.05) is 42.5 Å². The number of unbranched alkanes of at least 4 members (excludes halogenated alkanes) is 1. The fourth-order valence-corrected chi connectivity index (χ4v) is 4.18. The Morgan fingerprint density at radius 1 is 0.943 bits per heavy atom. The molecule has 1 fully saturated rings. The molecule has 0 aromatic heterocycles. The molecular formula is C29H29NO5. The third-order valence-corrected chi connectivity index (χ3v) is 6.04. The van der Waals surface area contributed by atoms with Gasteiger partial charge in [0, 0.05) is 12.1 Å². The summed E-state index contributed by atoms with van der Waals surface area (Å²) in [5, 5.41) is 11.3. The minimum absolute atomic E-state index is 0.0572. The second-order valence-corrected chi connectivity index (χ2v) is 8.42. The Balaban J connectivity index is 1.78. The smallest absolute Gasteiger partial charge is 0.295 e. The molecule has 1 amide bonds. The number of methoxy groups -OCH3 is 1. The van der Waals surface area contributed by atoms with Crippen LogP contribution in [0.3, 0.4) is 0 Å². The molecule has 1 aliphatic rings. The molecule has 35 heavy (non-hydrogen) atoms. The number of likely N-dealkylation sites (tertiary alicyclic amines) is 1. The van der Waals surface area contributed by atoms with Crippen LogP contribution in [-0.4, -0.2) is 35.4 Å². The van der Waals surface area contributed by atoms with Crippen molar-refractivity contribution in [3.8, 4) is 11.5 Å². The fourth-order valence-electron chi connectivity index (χ4n) is 4.18. The van der Waals surface area contributed by atoms with Gasteiger partial charge in [0.15, 0.2) is 0 Å². The number of rotatable bonds is 9. The molecule has 1 aliphatic heterocycles. The third kappa shape index (κ3) is 5.22. The SMILES string of the molecule is CCCCOc1cccc(C(O)=C2C(=O)C(=O)N(Cc3ccccc3)C2c2ccc(OC)cc2)c1.